The average molecular weight is 228 g/mol. The normalized spacial score (nSPS) is 9.29. The predicted molar refractivity (Wildman–Crippen MR) is 59.3 cm³/mol. The van der Waals surface area contributed by atoms with Crippen molar-refractivity contribution in [2.24, 2.45) is 11.5 Å². The third-order valence-corrected chi connectivity index (χ3v) is 2.46. The molecule has 1 aromatic carbocycles. The first-order valence-corrected chi connectivity index (χ1v) is 5.12. The van der Waals surface area contributed by atoms with E-state index < -0.39 is 0 Å². The van der Waals surface area contributed by atoms with Gasteiger partial charge in [0.25, 0.3) is 0 Å². The molecule has 0 saturated heterocycles. The maximum absolute atomic E-state index is 10.4. The molecule has 0 atom stereocenters. The largest absolute Gasteiger partial charge is 0.291 e. The van der Waals surface area contributed by atoms with Crippen LogP contribution in [0.1, 0.15) is 11.1 Å². The molecule has 0 amide bonds. The summed E-state index contributed by atoms with van der Waals surface area (Å²) in [4.78, 5) is 0.398. The standard InChI is InChI=1S/C8H8N2O2S2/c9-7(13-11)5-1-2-6(4-3-5)8(10)14-12/h1-4H,9-10H2. The van der Waals surface area contributed by atoms with Gasteiger partial charge in [-0.1, -0.05) is 24.3 Å². The number of hydrogen-bond donors (Lipinski definition) is 2. The van der Waals surface area contributed by atoms with Gasteiger partial charge in [-0.3, -0.25) is 11.5 Å². The summed E-state index contributed by atoms with van der Waals surface area (Å²) in [7, 11) is 0. The lowest BCUT2D eigenvalue weighted by Crippen LogP contribution is -2.15. The summed E-state index contributed by atoms with van der Waals surface area (Å²) in [5.41, 5.74) is 12.1. The molecular weight excluding hydrogens is 220 g/mol. The van der Waals surface area contributed by atoms with Gasteiger partial charge >= 0.3 is 0 Å². The molecule has 0 heterocycles. The van der Waals surface area contributed by atoms with Crippen LogP contribution in [0.15, 0.2) is 24.3 Å². The Kier molecular flexibility index (Phi) is 3.90. The predicted octanol–water partition coefficient (Wildman–Crippen LogP) is -1.01. The van der Waals surface area contributed by atoms with E-state index in [1.807, 2.05) is 0 Å². The summed E-state index contributed by atoms with van der Waals surface area (Å²) in [6.45, 7) is 0. The maximum atomic E-state index is 10.4. The van der Waals surface area contributed by atoms with Gasteiger partial charge in [0, 0.05) is 11.1 Å². The van der Waals surface area contributed by atoms with Crippen LogP contribution in [0.2, 0.25) is 0 Å². The summed E-state index contributed by atoms with van der Waals surface area (Å²) < 4.78 is 20.8. The molecule has 0 fully saturated rings. The van der Waals surface area contributed by atoms with Gasteiger partial charge < -0.3 is 0 Å². The monoisotopic (exact) mass is 228 g/mol. The van der Waals surface area contributed by atoms with Crippen molar-refractivity contribution in [1.29, 1.82) is 0 Å². The minimum Gasteiger partial charge on any atom is -0.291 e. The molecule has 0 radical (unpaired) electrons. The van der Waals surface area contributed by atoms with E-state index in [2.05, 4.69) is 0 Å². The van der Waals surface area contributed by atoms with Gasteiger partial charge in [0.1, 0.15) is 32.5 Å². The Bertz CT molecular complexity index is 400. The molecule has 0 aliphatic heterocycles. The van der Waals surface area contributed by atoms with Gasteiger partial charge in [-0.05, 0) is 0 Å². The second kappa shape index (κ2) is 4.97. The van der Waals surface area contributed by atoms with Gasteiger partial charge in [-0.25, -0.2) is 8.42 Å². The zero-order valence-corrected chi connectivity index (χ0v) is 8.73. The van der Waals surface area contributed by atoms with Crippen molar-refractivity contribution in [2.75, 3.05) is 0 Å². The molecule has 74 valence electrons. The van der Waals surface area contributed by atoms with Crippen LogP contribution in [0, 0.1) is 0 Å². The molecule has 0 saturated carbocycles. The summed E-state index contributed by atoms with van der Waals surface area (Å²) >= 11 is 0.475. The van der Waals surface area contributed by atoms with E-state index in [1.165, 1.54) is 0 Å². The highest BCUT2D eigenvalue weighted by Gasteiger charge is 1.99. The van der Waals surface area contributed by atoms with Crippen molar-refractivity contribution in [3.8, 4) is 0 Å². The minimum atomic E-state index is 0.199. The van der Waals surface area contributed by atoms with E-state index >= 15 is 0 Å². The Balaban J connectivity index is 3.13. The van der Waals surface area contributed by atoms with Crippen molar-refractivity contribution in [2.45, 2.75) is 0 Å². The van der Waals surface area contributed by atoms with Crippen molar-refractivity contribution < 1.29 is 8.42 Å². The van der Waals surface area contributed by atoms with Crippen LogP contribution < -0.4 is 11.5 Å². The van der Waals surface area contributed by atoms with Crippen LogP contribution >= 0.6 is 0 Å². The van der Waals surface area contributed by atoms with E-state index in [4.69, 9.17) is 11.5 Å². The maximum Gasteiger partial charge on any atom is 0.114 e. The number of nitrogens with two attached hydrogens (primary N) is 2. The lowest BCUT2D eigenvalue weighted by Gasteiger charge is -1.99. The zero-order chi connectivity index (χ0) is 10.6. The topological polar surface area (TPSA) is 86.2 Å². The summed E-state index contributed by atoms with van der Waals surface area (Å²) in [5.74, 6) is 0. The number of benzene rings is 1. The van der Waals surface area contributed by atoms with Crippen LogP contribution in [-0.2, 0) is 22.5 Å². The van der Waals surface area contributed by atoms with Crippen LogP contribution in [0.25, 0.3) is 0 Å². The lowest BCUT2D eigenvalue weighted by molar-refractivity contribution is 0.700. The smallest absolute Gasteiger partial charge is 0.114 e. The fourth-order valence-corrected chi connectivity index (χ4v) is 1.36. The van der Waals surface area contributed by atoms with E-state index in [1.54, 1.807) is 24.3 Å². The van der Waals surface area contributed by atoms with Crippen LogP contribution in [0.3, 0.4) is 0 Å². The molecule has 0 bridgehead atoms. The van der Waals surface area contributed by atoms with E-state index in [-0.39, 0.29) is 32.5 Å². The first-order chi connectivity index (χ1) is 6.69. The molecule has 4 nitrogen and oxygen atoms in total. The van der Waals surface area contributed by atoms with Gasteiger partial charge in [0.05, 0.1) is 0 Å². The molecule has 0 unspecified atom stereocenters. The minimum absolute atomic E-state index is 0.199. The molecular formula is C8H8N2O2S2. The Morgan fingerprint density at radius 2 is 1.14 bits per heavy atom. The van der Waals surface area contributed by atoms with Gasteiger partial charge in [-0.15, -0.1) is 0 Å². The molecule has 0 spiro atoms. The van der Waals surface area contributed by atoms with Crippen molar-refractivity contribution in [1.82, 2.24) is 0 Å². The molecule has 0 aromatic heterocycles. The summed E-state index contributed by atoms with van der Waals surface area (Å²) in [6.07, 6.45) is 0. The Labute approximate surface area is 88.1 Å². The molecule has 4 N–H and O–H groups in total. The van der Waals surface area contributed by atoms with Gasteiger partial charge in [-0.2, -0.15) is 0 Å². The van der Waals surface area contributed by atoms with E-state index in [9.17, 15) is 8.42 Å². The third kappa shape index (κ3) is 2.46. The van der Waals surface area contributed by atoms with Crippen molar-refractivity contribution >= 4 is 32.5 Å². The SMILES string of the molecule is NC(=S=O)c1ccc(C(N)=S=O)cc1. The van der Waals surface area contributed by atoms with Crippen molar-refractivity contribution in [3.05, 3.63) is 35.4 Å². The van der Waals surface area contributed by atoms with Gasteiger partial charge in [0.2, 0.25) is 0 Å². The zero-order valence-electron chi connectivity index (χ0n) is 7.10. The highest BCUT2D eigenvalue weighted by molar-refractivity contribution is 7.67. The highest BCUT2D eigenvalue weighted by atomic mass is 32.1. The first-order valence-electron chi connectivity index (χ1n) is 3.64. The highest BCUT2D eigenvalue weighted by Crippen LogP contribution is 2.02. The average Bonchev–Trinajstić information content (AvgIpc) is 2.27. The summed E-state index contributed by atoms with van der Waals surface area (Å²) in [5, 5.41) is 0. The summed E-state index contributed by atoms with van der Waals surface area (Å²) in [6, 6.07) is 6.61. The van der Waals surface area contributed by atoms with Crippen LogP contribution in [-0.4, -0.2) is 18.4 Å². The number of rotatable bonds is 2. The molecule has 6 heteroatoms. The second-order valence-electron chi connectivity index (χ2n) is 2.47. The Hall–Kier alpha value is -1.08. The lowest BCUT2D eigenvalue weighted by atomic mass is 10.1. The number of hydrogen-bond acceptors (Lipinski definition) is 2. The van der Waals surface area contributed by atoms with Crippen LogP contribution in [0.5, 0.6) is 0 Å². The van der Waals surface area contributed by atoms with E-state index in [0.717, 1.165) is 0 Å². The fraction of sp³-hybridized carbons (Fsp3) is 0. The Morgan fingerprint density at radius 1 is 0.857 bits per heavy atom. The molecule has 0 aliphatic carbocycles. The molecule has 1 aromatic rings. The molecule has 0 aliphatic rings. The Morgan fingerprint density at radius 3 is 1.36 bits per heavy atom. The first kappa shape index (κ1) is 11.0. The second-order valence-corrected chi connectivity index (χ2v) is 3.69. The van der Waals surface area contributed by atoms with Crippen molar-refractivity contribution in [3.63, 3.8) is 0 Å². The molecule has 1 rings (SSSR count). The van der Waals surface area contributed by atoms with Crippen LogP contribution in [0.4, 0.5) is 0 Å². The van der Waals surface area contributed by atoms with E-state index in [0.29, 0.717) is 11.1 Å². The quantitative estimate of drug-likeness (QED) is 0.635. The fourth-order valence-electron chi connectivity index (χ4n) is 0.895. The molecule has 14 heavy (non-hydrogen) atoms. The van der Waals surface area contributed by atoms with Gasteiger partial charge in [0.15, 0.2) is 0 Å². The third-order valence-electron chi connectivity index (χ3n) is 1.63.